The maximum absolute atomic E-state index is 11.5. The molecule has 0 atom stereocenters. The van der Waals surface area contributed by atoms with Crippen LogP contribution in [0.5, 0.6) is 0 Å². The van der Waals surface area contributed by atoms with E-state index in [1.807, 2.05) is 24.3 Å². The van der Waals surface area contributed by atoms with Crippen LogP contribution >= 0.6 is 0 Å². The average molecular weight is 288 g/mol. The minimum Gasteiger partial charge on any atom is -0.423 e. The van der Waals surface area contributed by atoms with Crippen LogP contribution in [0.2, 0.25) is 0 Å². The predicted octanol–water partition coefficient (Wildman–Crippen LogP) is 2.97. The summed E-state index contributed by atoms with van der Waals surface area (Å²) in [5, 5.41) is 2.96. The van der Waals surface area contributed by atoms with Gasteiger partial charge in [0, 0.05) is 11.9 Å². The number of rotatable bonds is 3. The Labute approximate surface area is 116 Å². The Morgan fingerprint density at radius 1 is 1.10 bits per heavy atom. The molecule has 102 valence electrons. The number of anilines is 2. The third kappa shape index (κ3) is 2.50. The highest BCUT2D eigenvalue weighted by Gasteiger charge is 2.09. The van der Waals surface area contributed by atoms with Gasteiger partial charge in [-0.05, 0) is 30.3 Å². The third-order valence-corrected chi connectivity index (χ3v) is 3.92. The number of oxazole rings is 1. The lowest BCUT2D eigenvalue weighted by Crippen LogP contribution is -1.98. The molecular formula is C14H12N2O3S. The normalized spacial score (nSPS) is 11.7. The standard InChI is InChI=1S/C14H12N2O3S/c1-20(17,18)11-6-4-5-10(9-11)15-14-16-12-7-2-3-8-13(12)19-14/h2-9H,1H3,(H,15,16). The Bertz CT molecular complexity index is 836. The summed E-state index contributed by atoms with van der Waals surface area (Å²) in [5.41, 5.74) is 2.03. The number of sulfone groups is 1. The lowest BCUT2D eigenvalue weighted by Gasteiger charge is -2.03. The van der Waals surface area contributed by atoms with Crippen molar-refractivity contribution in [2.24, 2.45) is 0 Å². The lowest BCUT2D eigenvalue weighted by molar-refractivity contribution is 0.601. The van der Waals surface area contributed by atoms with Crippen molar-refractivity contribution in [1.29, 1.82) is 0 Å². The molecule has 0 bridgehead atoms. The van der Waals surface area contributed by atoms with Crippen LogP contribution in [0.1, 0.15) is 0 Å². The van der Waals surface area contributed by atoms with Gasteiger partial charge < -0.3 is 9.73 Å². The smallest absolute Gasteiger partial charge is 0.300 e. The van der Waals surface area contributed by atoms with Gasteiger partial charge in [0.2, 0.25) is 0 Å². The molecule has 0 amide bonds. The highest BCUT2D eigenvalue weighted by Crippen LogP contribution is 2.23. The molecule has 0 aliphatic carbocycles. The fourth-order valence-corrected chi connectivity index (χ4v) is 2.52. The summed E-state index contributed by atoms with van der Waals surface area (Å²) in [6, 6.07) is 14.2. The number of para-hydroxylation sites is 2. The second kappa shape index (κ2) is 4.64. The summed E-state index contributed by atoms with van der Waals surface area (Å²) < 4.78 is 28.5. The van der Waals surface area contributed by atoms with Crippen molar-refractivity contribution in [2.45, 2.75) is 4.90 Å². The molecule has 5 nitrogen and oxygen atoms in total. The van der Waals surface area contributed by atoms with Crippen LogP contribution in [-0.4, -0.2) is 19.7 Å². The Morgan fingerprint density at radius 3 is 2.65 bits per heavy atom. The van der Waals surface area contributed by atoms with E-state index in [0.717, 1.165) is 5.52 Å². The van der Waals surface area contributed by atoms with Gasteiger partial charge in [-0.1, -0.05) is 18.2 Å². The fraction of sp³-hybridized carbons (Fsp3) is 0.0714. The van der Waals surface area contributed by atoms with Crippen molar-refractivity contribution >= 4 is 32.6 Å². The Kier molecular flexibility index (Phi) is 2.94. The minimum absolute atomic E-state index is 0.249. The largest absolute Gasteiger partial charge is 0.423 e. The number of benzene rings is 2. The van der Waals surface area contributed by atoms with Gasteiger partial charge in [0.15, 0.2) is 15.4 Å². The van der Waals surface area contributed by atoms with Crippen LogP contribution in [0, 0.1) is 0 Å². The van der Waals surface area contributed by atoms with E-state index in [-0.39, 0.29) is 4.90 Å². The highest BCUT2D eigenvalue weighted by atomic mass is 32.2. The van der Waals surface area contributed by atoms with Gasteiger partial charge in [0.05, 0.1) is 4.90 Å². The first-order valence-corrected chi connectivity index (χ1v) is 7.84. The Morgan fingerprint density at radius 2 is 1.90 bits per heavy atom. The van der Waals surface area contributed by atoms with E-state index in [4.69, 9.17) is 4.42 Å². The molecule has 6 heteroatoms. The van der Waals surface area contributed by atoms with Gasteiger partial charge in [0.1, 0.15) is 5.52 Å². The molecule has 0 aliphatic rings. The summed E-state index contributed by atoms with van der Waals surface area (Å²) >= 11 is 0. The third-order valence-electron chi connectivity index (χ3n) is 2.81. The van der Waals surface area contributed by atoms with Crippen molar-refractivity contribution < 1.29 is 12.8 Å². The molecule has 0 fully saturated rings. The molecule has 3 aromatic rings. The van der Waals surface area contributed by atoms with E-state index in [1.165, 1.54) is 6.26 Å². The number of fused-ring (bicyclic) bond motifs is 1. The SMILES string of the molecule is CS(=O)(=O)c1cccc(Nc2nc3ccccc3o2)c1. The molecule has 0 saturated heterocycles. The van der Waals surface area contributed by atoms with Crippen LogP contribution < -0.4 is 5.32 Å². The van der Waals surface area contributed by atoms with Gasteiger partial charge in [0.25, 0.3) is 6.01 Å². The summed E-state index contributed by atoms with van der Waals surface area (Å²) in [6.07, 6.45) is 1.17. The van der Waals surface area contributed by atoms with E-state index >= 15 is 0 Å². The zero-order chi connectivity index (χ0) is 14.2. The maximum atomic E-state index is 11.5. The zero-order valence-corrected chi connectivity index (χ0v) is 11.5. The van der Waals surface area contributed by atoms with Gasteiger partial charge in [-0.2, -0.15) is 4.98 Å². The molecule has 20 heavy (non-hydrogen) atoms. The fourth-order valence-electron chi connectivity index (χ4n) is 1.85. The quantitative estimate of drug-likeness (QED) is 0.802. The highest BCUT2D eigenvalue weighted by molar-refractivity contribution is 7.90. The van der Waals surface area contributed by atoms with E-state index in [0.29, 0.717) is 17.3 Å². The summed E-state index contributed by atoms with van der Waals surface area (Å²) in [6.45, 7) is 0. The maximum Gasteiger partial charge on any atom is 0.300 e. The molecule has 3 rings (SSSR count). The molecule has 0 aliphatic heterocycles. The molecule has 0 unspecified atom stereocenters. The number of hydrogen-bond acceptors (Lipinski definition) is 5. The van der Waals surface area contributed by atoms with Gasteiger partial charge in [-0.15, -0.1) is 0 Å². The molecule has 1 heterocycles. The summed E-state index contributed by atoms with van der Waals surface area (Å²) in [4.78, 5) is 4.52. The zero-order valence-electron chi connectivity index (χ0n) is 10.7. The minimum atomic E-state index is -3.23. The van der Waals surface area contributed by atoms with Gasteiger partial charge in [-0.25, -0.2) is 8.42 Å². The summed E-state index contributed by atoms with van der Waals surface area (Å²) in [7, 11) is -3.23. The Balaban J connectivity index is 1.95. The lowest BCUT2D eigenvalue weighted by atomic mass is 10.3. The summed E-state index contributed by atoms with van der Waals surface area (Å²) in [5.74, 6) is 0. The second-order valence-electron chi connectivity index (χ2n) is 4.41. The monoisotopic (exact) mass is 288 g/mol. The number of hydrogen-bond donors (Lipinski definition) is 1. The second-order valence-corrected chi connectivity index (χ2v) is 6.43. The molecule has 0 spiro atoms. The van der Waals surface area contributed by atoms with E-state index in [1.54, 1.807) is 24.3 Å². The molecule has 2 aromatic carbocycles. The van der Waals surface area contributed by atoms with Crippen LogP contribution in [-0.2, 0) is 9.84 Å². The molecule has 0 saturated carbocycles. The molecule has 1 aromatic heterocycles. The van der Waals surface area contributed by atoms with Gasteiger partial charge >= 0.3 is 0 Å². The number of aromatic nitrogens is 1. The molecule has 0 radical (unpaired) electrons. The van der Waals surface area contributed by atoms with Crippen molar-refractivity contribution in [3.63, 3.8) is 0 Å². The van der Waals surface area contributed by atoms with Crippen LogP contribution in [0.15, 0.2) is 57.8 Å². The first-order valence-electron chi connectivity index (χ1n) is 5.95. The van der Waals surface area contributed by atoms with Crippen molar-refractivity contribution in [2.75, 3.05) is 11.6 Å². The first kappa shape index (κ1) is 12.7. The van der Waals surface area contributed by atoms with Crippen LogP contribution in [0.4, 0.5) is 11.7 Å². The average Bonchev–Trinajstić information content (AvgIpc) is 2.80. The topological polar surface area (TPSA) is 72.2 Å². The predicted molar refractivity (Wildman–Crippen MR) is 76.8 cm³/mol. The first-order chi connectivity index (χ1) is 9.52. The van der Waals surface area contributed by atoms with Crippen LogP contribution in [0.3, 0.4) is 0 Å². The van der Waals surface area contributed by atoms with E-state index < -0.39 is 9.84 Å². The number of nitrogens with one attached hydrogen (secondary N) is 1. The van der Waals surface area contributed by atoms with E-state index in [2.05, 4.69) is 10.3 Å². The Hall–Kier alpha value is -2.34. The van der Waals surface area contributed by atoms with Gasteiger partial charge in [-0.3, -0.25) is 0 Å². The van der Waals surface area contributed by atoms with Crippen LogP contribution in [0.25, 0.3) is 11.1 Å². The molecule has 1 N–H and O–H groups in total. The number of nitrogens with zero attached hydrogens (tertiary/aromatic N) is 1. The molecular weight excluding hydrogens is 276 g/mol. The van der Waals surface area contributed by atoms with Crippen molar-refractivity contribution in [3.8, 4) is 0 Å². The van der Waals surface area contributed by atoms with Crippen molar-refractivity contribution in [3.05, 3.63) is 48.5 Å². The van der Waals surface area contributed by atoms with E-state index in [9.17, 15) is 8.42 Å². The van der Waals surface area contributed by atoms with Crippen molar-refractivity contribution in [1.82, 2.24) is 4.98 Å².